The van der Waals surface area contributed by atoms with Gasteiger partial charge in [0.15, 0.2) is 5.78 Å². The minimum Gasteiger partial charge on any atom is -0.288 e. The summed E-state index contributed by atoms with van der Waals surface area (Å²) in [5, 5.41) is 0. The van der Waals surface area contributed by atoms with E-state index in [-0.39, 0.29) is 22.5 Å². The van der Waals surface area contributed by atoms with Crippen molar-refractivity contribution in [1.29, 1.82) is 0 Å². The van der Waals surface area contributed by atoms with Gasteiger partial charge in [0.1, 0.15) is 11.3 Å². The van der Waals surface area contributed by atoms with Crippen molar-refractivity contribution < 1.29 is 13.6 Å². The summed E-state index contributed by atoms with van der Waals surface area (Å²) in [6.45, 7) is 5.31. The minimum atomic E-state index is -1.78. The largest absolute Gasteiger partial charge is 0.288 e. The van der Waals surface area contributed by atoms with Crippen LogP contribution in [-0.2, 0) is 11.3 Å². The molecule has 5 heteroatoms. The van der Waals surface area contributed by atoms with Crippen LogP contribution in [0.25, 0.3) is 0 Å². The summed E-state index contributed by atoms with van der Waals surface area (Å²) >= 11 is 0. The number of hydrogen-bond acceptors (Lipinski definition) is 3. The average Bonchev–Trinajstić information content (AvgIpc) is 2.45. The Morgan fingerprint density at radius 2 is 1.23 bits per heavy atom. The lowest BCUT2D eigenvalue weighted by atomic mass is 9.91. The molecule has 0 atom stereocenters. The smallest absolute Gasteiger partial charge is 0.196 e. The van der Waals surface area contributed by atoms with E-state index < -0.39 is 17.1 Å². The molecule has 22 heavy (non-hydrogen) atoms. The van der Waals surface area contributed by atoms with Crippen LogP contribution < -0.4 is 0 Å². The number of hydrogen-bond donors (Lipinski definition) is 0. The van der Waals surface area contributed by atoms with Gasteiger partial charge in [0, 0.05) is 23.5 Å². The molecule has 116 valence electrons. The van der Waals surface area contributed by atoms with E-state index in [2.05, 4.69) is 9.97 Å². The predicted octanol–water partition coefficient (Wildman–Crippen LogP) is 4.12. The summed E-state index contributed by atoms with van der Waals surface area (Å²) in [6, 6.07) is 6.10. The van der Waals surface area contributed by atoms with Gasteiger partial charge in [-0.2, -0.15) is 0 Å². The lowest BCUT2D eigenvalue weighted by molar-refractivity contribution is 0.102. The van der Waals surface area contributed by atoms with Crippen LogP contribution in [0, 0.1) is 0 Å². The van der Waals surface area contributed by atoms with Gasteiger partial charge in [0.25, 0.3) is 0 Å². The predicted molar refractivity (Wildman–Crippen MR) is 80.2 cm³/mol. The minimum absolute atomic E-state index is 0.0338. The van der Waals surface area contributed by atoms with Gasteiger partial charge in [-0.25, -0.2) is 8.78 Å². The molecule has 2 rings (SSSR count). The average molecular weight is 304 g/mol. The summed E-state index contributed by atoms with van der Waals surface area (Å²) in [4.78, 5) is 20.7. The highest BCUT2D eigenvalue weighted by atomic mass is 19.1. The Bertz CT molecular complexity index is 641. The highest BCUT2D eigenvalue weighted by molar-refractivity contribution is 6.10. The number of ketones is 1. The Balaban J connectivity index is 2.61. The Labute approximate surface area is 128 Å². The highest BCUT2D eigenvalue weighted by Gasteiger charge is 2.31. The first-order valence-corrected chi connectivity index (χ1v) is 6.96. The number of aromatic nitrogens is 2. The molecule has 0 unspecified atom stereocenters. The number of pyridine rings is 2. The summed E-state index contributed by atoms with van der Waals surface area (Å²) in [7, 11) is 0. The van der Waals surface area contributed by atoms with Crippen molar-refractivity contribution in [3.63, 3.8) is 0 Å². The SMILES string of the molecule is CC(C)(F)c1ncccc1C(=O)c1cccnc1C(C)(C)F. The van der Waals surface area contributed by atoms with Crippen molar-refractivity contribution in [1.82, 2.24) is 9.97 Å². The lowest BCUT2D eigenvalue weighted by Gasteiger charge is -2.20. The molecule has 3 nitrogen and oxygen atoms in total. The molecular weight excluding hydrogens is 286 g/mol. The zero-order chi connectivity index (χ0) is 16.5. The fourth-order valence-electron chi connectivity index (χ4n) is 2.27. The number of carbonyl (C=O) groups excluding carboxylic acids is 1. The molecule has 0 fully saturated rings. The molecule has 0 bridgehead atoms. The van der Waals surface area contributed by atoms with E-state index in [1.54, 1.807) is 12.1 Å². The molecule has 0 aromatic carbocycles. The van der Waals surface area contributed by atoms with E-state index in [1.165, 1.54) is 52.2 Å². The zero-order valence-corrected chi connectivity index (χ0v) is 13.0. The van der Waals surface area contributed by atoms with E-state index in [9.17, 15) is 13.6 Å². The van der Waals surface area contributed by atoms with Gasteiger partial charge in [0.2, 0.25) is 0 Å². The van der Waals surface area contributed by atoms with Gasteiger partial charge in [0.05, 0.1) is 11.4 Å². The van der Waals surface area contributed by atoms with Gasteiger partial charge in [-0.1, -0.05) is 0 Å². The number of alkyl halides is 2. The molecule has 0 spiro atoms. The summed E-state index contributed by atoms with van der Waals surface area (Å²) in [6.07, 6.45) is 2.85. The van der Waals surface area contributed by atoms with Crippen molar-refractivity contribution >= 4 is 5.78 Å². The standard InChI is InChI=1S/C17H18F2N2O/c1-16(2,18)14-11(7-5-9-20-14)13(22)12-8-6-10-21-15(12)17(3,4)19/h5-10H,1-4H3. The van der Waals surface area contributed by atoms with Gasteiger partial charge >= 0.3 is 0 Å². The van der Waals surface area contributed by atoms with Crippen molar-refractivity contribution in [3.05, 3.63) is 59.2 Å². The Kier molecular flexibility index (Phi) is 4.09. The molecule has 0 aliphatic heterocycles. The van der Waals surface area contributed by atoms with Gasteiger partial charge < -0.3 is 0 Å². The molecule has 0 radical (unpaired) electrons. The third kappa shape index (κ3) is 3.18. The van der Waals surface area contributed by atoms with Crippen molar-refractivity contribution in [2.24, 2.45) is 0 Å². The number of rotatable bonds is 4. The van der Waals surface area contributed by atoms with Gasteiger partial charge in [-0.3, -0.25) is 14.8 Å². The van der Waals surface area contributed by atoms with Crippen LogP contribution in [-0.4, -0.2) is 15.8 Å². The summed E-state index contributed by atoms with van der Waals surface area (Å²) < 4.78 is 28.6. The van der Waals surface area contributed by atoms with Crippen LogP contribution in [0.1, 0.15) is 55.0 Å². The van der Waals surface area contributed by atoms with Crippen molar-refractivity contribution in [3.8, 4) is 0 Å². The first kappa shape index (κ1) is 16.2. The highest BCUT2D eigenvalue weighted by Crippen LogP contribution is 2.30. The van der Waals surface area contributed by atoms with Crippen molar-refractivity contribution in [2.75, 3.05) is 0 Å². The number of nitrogens with zero attached hydrogens (tertiary/aromatic N) is 2. The molecule has 0 aliphatic carbocycles. The maximum absolute atomic E-state index is 14.3. The first-order valence-electron chi connectivity index (χ1n) is 6.96. The first-order chi connectivity index (χ1) is 10.1. The quantitative estimate of drug-likeness (QED) is 0.798. The maximum Gasteiger partial charge on any atom is 0.196 e. The monoisotopic (exact) mass is 304 g/mol. The fourth-order valence-corrected chi connectivity index (χ4v) is 2.27. The summed E-state index contributed by atoms with van der Waals surface area (Å²) in [5.74, 6) is -0.484. The fraction of sp³-hybridized carbons (Fsp3) is 0.353. The van der Waals surface area contributed by atoms with Crippen LogP contribution in [0.4, 0.5) is 8.78 Å². The molecule has 2 heterocycles. The molecule has 2 aromatic rings. The molecule has 0 saturated heterocycles. The lowest BCUT2D eigenvalue weighted by Crippen LogP contribution is -2.22. The van der Waals surface area contributed by atoms with E-state index in [0.29, 0.717) is 0 Å². The van der Waals surface area contributed by atoms with Gasteiger partial charge in [-0.15, -0.1) is 0 Å². The number of halogens is 2. The molecule has 0 aliphatic rings. The Morgan fingerprint density at radius 3 is 1.55 bits per heavy atom. The van der Waals surface area contributed by atoms with Crippen LogP contribution in [0.3, 0.4) is 0 Å². The molecule has 0 amide bonds. The van der Waals surface area contributed by atoms with Gasteiger partial charge in [-0.05, 0) is 52.0 Å². The second-order valence-electron chi connectivity index (χ2n) is 6.07. The summed E-state index contributed by atoms with van der Waals surface area (Å²) in [5.41, 5.74) is -3.25. The van der Waals surface area contributed by atoms with E-state index in [0.717, 1.165) is 0 Å². The number of carbonyl (C=O) groups is 1. The Hall–Kier alpha value is -2.17. The Morgan fingerprint density at radius 1 is 0.864 bits per heavy atom. The second-order valence-corrected chi connectivity index (χ2v) is 6.07. The normalized spacial score (nSPS) is 12.3. The van der Waals surface area contributed by atoms with Crippen LogP contribution in [0.2, 0.25) is 0 Å². The van der Waals surface area contributed by atoms with Crippen LogP contribution >= 0.6 is 0 Å². The van der Waals surface area contributed by atoms with E-state index in [4.69, 9.17) is 0 Å². The van der Waals surface area contributed by atoms with E-state index >= 15 is 0 Å². The third-order valence-corrected chi connectivity index (χ3v) is 3.23. The molecule has 2 aromatic heterocycles. The maximum atomic E-state index is 14.3. The zero-order valence-electron chi connectivity index (χ0n) is 13.0. The van der Waals surface area contributed by atoms with Crippen LogP contribution in [0.5, 0.6) is 0 Å². The topological polar surface area (TPSA) is 42.9 Å². The second kappa shape index (κ2) is 5.55. The van der Waals surface area contributed by atoms with Crippen LogP contribution in [0.15, 0.2) is 36.7 Å². The van der Waals surface area contributed by atoms with Crippen molar-refractivity contribution in [2.45, 2.75) is 39.0 Å². The molecular formula is C17H18F2N2O. The molecule has 0 saturated carbocycles. The van der Waals surface area contributed by atoms with E-state index in [1.807, 2.05) is 0 Å². The third-order valence-electron chi connectivity index (χ3n) is 3.23. The molecule has 0 N–H and O–H groups in total.